The van der Waals surface area contributed by atoms with Crippen molar-refractivity contribution in [3.05, 3.63) is 46.3 Å². The van der Waals surface area contributed by atoms with Crippen molar-refractivity contribution >= 4 is 34.7 Å². The average molecular weight is 284 g/mol. The highest BCUT2D eigenvalue weighted by Crippen LogP contribution is 2.36. The largest absolute Gasteiger partial charge is 0.328 e. The topological polar surface area (TPSA) is 26.0 Å². The van der Waals surface area contributed by atoms with E-state index in [0.717, 1.165) is 17.0 Å². The molecule has 4 heteroatoms. The summed E-state index contributed by atoms with van der Waals surface area (Å²) >= 11 is 9.74. The highest BCUT2D eigenvalue weighted by molar-refractivity contribution is 8.01. The second-order valence-corrected chi connectivity index (χ2v) is 6.63. The number of benzene rings is 1. The number of hydrogen-bond donors (Lipinski definition) is 1. The Morgan fingerprint density at radius 3 is 2.82 bits per heavy atom. The molecule has 1 unspecified atom stereocenters. The molecule has 1 atom stereocenters. The maximum absolute atomic E-state index is 6.25. The molecule has 0 bridgehead atoms. The van der Waals surface area contributed by atoms with E-state index in [9.17, 15) is 0 Å². The number of rotatable bonds is 4. The molecule has 0 radical (unpaired) electrons. The van der Waals surface area contributed by atoms with Gasteiger partial charge in [-0.2, -0.15) is 0 Å². The van der Waals surface area contributed by atoms with E-state index in [1.54, 1.807) is 23.1 Å². The van der Waals surface area contributed by atoms with Gasteiger partial charge in [-0.25, -0.2) is 0 Å². The highest BCUT2D eigenvalue weighted by atomic mass is 35.5. The molecule has 2 rings (SSSR count). The van der Waals surface area contributed by atoms with Crippen molar-refractivity contribution in [2.45, 2.75) is 28.5 Å². The van der Waals surface area contributed by atoms with Crippen molar-refractivity contribution in [1.29, 1.82) is 0 Å². The number of nitrogens with two attached hydrogens (primary N) is 1. The first-order valence-electron chi connectivity index (χ1n) is 5.41. The van der Waals surface area contributed by atoms with Crippen molar-refractivity contribution in [3.8, 4) is 0 Å². The zero-order chi connectivity index (χ0) is 12.3. The van der Waals surface area contributed by atoms with E-state index in [1.807, 2.05) is 19.1 Å². The minimum atomic E-state index is 0.123. The van der Waals surface area contributed by atoms with E-state index in [1.165, 1.54) is 9.10 Å². The van der Waals surface area contributed by atoms with Crippen LogP contribution >= 0.6 is 34.7 Å². The number of hydrogen-bond acceptors (Lipinski definition) is 3. The van der Waals surface area contributed by atoms with Crippen LogP contribution in [0.3, 0.4) is 0 Å². The Labute approximate surface area is 115 Å². The molecule has 2 N–H and O–H groups in total. The normalized spacial score (nSPS) is 12.6. The van der Waals surface area contributed by atoms with Crippen LogP contribution in [0.5, 0.6) is 0 Å². The average Bonchev–Trinajstić information content (AvgIpc) is 2.75. The predicted molar refractivity (Wildman–Crippen MR) is 77.2 cm³/mol. The molecular formula is C13H14ClNS2. The molecule has 0 saturated heterocycles. The number of halogens is 1. The van der Waals surface area contributed by atoms with Gasteiger partial charge in [0.15, 0.2) is 0 Å². The Balaban J connectivity index is 2.29. The first kappa shape index (κ1) is 13.0. The van der Waals surface area contributed by atoms with Crippen molar-refractivity contribution in [3.63, 3.8) is 0 Å². The smallest absolute Gasteiger partial charge is 0.0646 e. The van der Waals surface area contributed by atoms with Crippen LogP contribution in [0.1, 0.15) is 12.5 Å². The summed E-state index contributed by atoms with van der Waals surface area (Å²) in [7, 11) is 0. The van der Waals surface area contributed by atoms with Gasteiger partial charge in [-0.15, -0.1) is 11.3 Å². The minimum Gasteiger partial charge on any atom is -0.328 e. The molecule has 1 nitrogen and oxygen atoms in total. The van der Waals surface area contributed by atoms with Gasteiger partial charge in [0.05, 0.1) is 4.21 Å². The Morgan fingerprint density at radius 1 is 1.35 bits per heavy atom. The predicted octanol–water partition coefficient (Wildman–Crippen LogP) is 4.44. The lowest BCUT2D eigenvalue weighted by Crippen LogP contribution is -2.18. The number of thiophene rings is 1. The van der Waals surface area contributed by atoms with Gasteiger partial charge in [0, 0.05) is 16.0 Å². The molecule has 90 valence electrons. The molecule has 0 amide bonds. The Bertz CT molecular complexity index is 480. The van der Waals surface area contributed by atoms with E-state index in [4.69, 9.17) is 17.3 Å². The van der Waals surface area contributed by atoms with Crippen LogP contribution in [0, 0.1) is 0 Å². The maximum Gasteiger partial charge on any atom is 0.0646 e. The standard InChI is InChI=1S/C13H14ClNS2/c1-9(15)8-10-11(14)4-2-5-12(10)17-13-6-3-7-16-13/h2-7,9H,8,15H2,1H3. The lowest BCUT2D eigenvalue weighted by Gasteiger charge is -2.12. The summed E-state index contributed by atoms with van der Waals surface area (Å²) in [6.07, 6.45) is 0.813. The summed E-state index contributed by atoms with van der Waals surface area (Å²) in [5.41, 5.74) is 7.03. The third kappa shape index (κ3) is 3.49. The third-order valence-corrected chi connectivity index (χ3v) is 4.80. The summed E-state index contributed by atoms with van der Waals surface area (Å²) in [4.78, 5) is 1.21. The first-order chi connectivity index (χ1) is 8.16. The van der Waals surface area contributed by atoms with Gasteiger partial charge in [0.2, 0.25) is 0 Å². The van der Waals surface area contributed by atoms with Gasteiger partial charge < -0.3 is 5.73 Å². The summed E-state index contributed by atoms with van der Waals surface area (Å²) < 4.78 is 1.28. The molecule has 1 aromatic carbocycles. The maximum atomic E-state index is 6.25. The molecule has 0 saturated carbocycles. The van der Waals surface area contributed by atoms with E-state index < -0.39 is 0 Å². The SMILES string of the molecule is CC(N)Cc1c(Cl)cccc1Sc1cccs1. The zero-order valence-electron chi connectivity index (χ0n) is 9.52. The lowest BCUT2D eigenvalue weighted by atomic mass is 10.1. The second kappa shape index (κ2) is 5.91. The fourth-order valence-corrected chi connectivity index (χ4v) is 3.80. The van der Waals surface area contributed by atoms with E-state index in [2.05, 4.69) is 23.6 Å². The van der Waals surface area contributed by atoms with Crippen molar-refractivity contribution < 1.29 is 0 Å². The van der Waals surface area contributed by atoms with Crippen LogP contribution in [0.2, 0.25) is 5.02 Å². The van der Waals surface area contributed by atoms with Gasteiger partial charge in [-0.3, -0.25) is 0 Å². The second-order valence-electron chi connectivity index (χ2n) is 3.93. The van der Waals surface area contributed by atoms with Gasteiger partial charge in [-0.05, 0) is 42.5 Å². The van der Waals surface area contributed by atoms with E-state index in [0.29, 0.717) is 0 Å². The molecule has 0 aliphatic rings. The molecule has 2 aromatic rings. The molecular weight excluding hydrogens is 270 g/mol. The van der Waals surface area contributed by atoms with Crippen LogP contribution < -0.4 is 5.73 Å². The van der Waals surface area contributed by atoms with Gasteiger partial charge in [-0.1, -0.05) is 35.5 Å². The van der Waals surface area contributed by atoms with Crippen molar-refractivity contribution in [1.82, 2.24) is 0 Å². The molecule has 0 aliphatic carbocycles. The Hall–Kier alpha value is -0.480. The molecule has 0 fully saturated rings. The summed E-state index contributed by atoms with van der Waals surface area (Å²) in [5, 5.41) is 2.89. The van der Waals surface area contributed by atoms with Gasteiger partial charge in [0.1, 0.15) is 0 Å². The minimum absolute atomic E-state index is 0.123. The lowest BCUT2D eigenvalue weighted by molar-refractivity contribution is 0.729. The van der Waals surface area contributed by atoms with Crippen LogP contribution in [0.4, 0.5) is 0 Å². The first-order valence-corrected chi connectivity index (χ1v) is 7.48. The molecule has 1 aromatic heterocycles. The fourth-order valence-electron chi connectivity index (χ4n) is 1.58. The van der Waals surface area contributed by atoms with Crippen molar-refractivity contribution in [2.24, 2.45) is 5.73 Å². The Morgan fingerprint density at radius 2 is 2.18 bits per heavy atom. The summed E-state index contributed by atoms with van der Waals surface area (Å²) in [5.74, 6) is 0. The van der Waals surface area contributed by atoms with Crippen LogP contribution in [-0.2, 0) is 6.42 Å². The van der Waals surface area contributed by atoms with Crippen LogP contribution in [-0.4, -0.2) is 6.04 Å². The summed E-state index contributed by atoms with van der Waals surface area (Å²) in [6, 6.07) is 10.3. The Kier molecular flexibility index (Phi) is 4.51. The van der Waals surface area contributed by atoms with Crippen LogP contribution in [0.25, 0.3) is 0 Å². The molecule has 0 aliphatic heterocycles. The van der Waals surface area contributed by atoms with E-state index in [-0.39, 0.29) is 6.04 Å². The van der Waals surface area contributed by atoms with E-state index >= 15 is 0 Å². The summed E-state index contributed by atoms with van der Waals surface area (Å²) in [6.45, 7) is 2.00. The van der Waals surface area contributed by atoms with Crippen molar-refractivity contribution in [2.75, 3.05) is 0 Å². The van der Waals surface area contributed by atoms with Gasteiger partial charge >= 0.3 is 0 Å². The monoisotopic (exact) mass is 283 g/mol. The van der Waals surface area contributed by atoms with Gasteiger partial charge in [0.25, 0.3) is 0 Å². The quantitative estimate of drug-likeness (QED) is 0.897. The molecule has 17 heavy (non-hydrogen) atoms. The third-order valence-electron chi connectivity index (χ3n) is 2.31. The van der Waals surface area contributed by atoms with Crippen LogP contribution in [0.15, 0.2) is 44.8 Å². The molecule has 0 spiro atoms. The molecule has 1 heterocycles. The highest BCUT2D eigenvalue weighted by Gasteiger charge is 2.10. The zero-order valence-corrected chi connectivity index (χ0v) is 11.9. The fraction of sp³-hybridized carbons (Fsp3) is 0.231.